The normalized spacial score (nSPS) is 15.3. The van der Waals surface area contributed by atoms with Crippen molar-refractivity contribution in [1.82, 2.24) is 25.1 Å². The molecule has 156 valence electrons. The van der Waals surface area contributed by atoms with Gasteiger partial charge in [-0.3, -0.25) is 10.1 Å². The number of hydrogen-bond acceptors (Lipinski definition) is 7. The van der Waals surface area contributed by atoms with Gasteiger partial charge in [0.15, 0.2) is 5.13 Å². The fourth-order valence-electron chi connectivity index (χ4n) is 4.12. The minimum Gasteiger partial charge on any atom is -0.352 e. The molecule has 0 spiro atoms. The van der Waals surface area contributed by atoms with Crippen LogP contribution in [-0.4, -0.2) is 31.7 Å². The summed E-state index contributed by atoms with van der Waals surface area (Å²) >= 11 is 1.70. The second-order valence-electron chi connectivity index (χ2n) is 8.25. The standard InChI is InChI=1S/C23H23N7S/c1-14-3-2-4-20(26-14)27-23-28-21-17-12-25-29-22(17)30(10-8-19(21)31-23)13-15-7-9-24-18(11-15)16-5-6-16/h2-4,7,9,11-12,16H,5-6,8,10,13H2,1H3,(H,25,29)(H,26,27,28). The summed E-state index contributed by atoms with van der Waals surface area (Å²) in [6.07, 6.45) is 7.32. The Morgan fingerprint density at radius 2 is 2.16 bits per heavy atom. The molecule has 4 aromatic rings. The lowest BCUT2D eigenvalue weighted by Gasteiger charge is -2.22. The van der Waals surface area contributed by atoms with Gasteiger partial charge in [-0.05, 0) is 49.6 Å². The van der Waals surface area contributed by atoms with Crippen LogP contribution < -0.4 is 10.2 Å². The first kappa shape index (κ1) is 18.5. The lowest BCUT2D eigenvalue weighted by molar-refractivity contribution is 0.773. The van der Waals surface area contributed by atoms with Crippen LogP contribution in [0.1, 0.15) is 40.6 Å². The molecule has 2 N–H and O–H groups in total. The summed E-state index contributed by atoms with van der Waals surface area (Å²) in [6.45, 7) is 3.74. The number of nitrogens with one attached hydrogen (secondary N) is 2. The number of H-pyrrole nitrogens is 1. The van der Waals surface area contributed by atoms with Gasteiger partial charge in [0.05, 0.1) is 17.5 Å². The molecule has 0 unspecified atom stereocenters. The van der Waals surface area contributed by atoms with Crippen LogP contribution in [0, 0.1) is 6.92 Å². The molecule has 1 fully saturated rings. The van der Waals surface area contributed by atoms with Gasteiger partial charge in [-0.1, -0.05) is 6.07 Å². The number of aromatic amines is 1. The fourth-order valence-corrected chi connectivity index (χ4v) is 5.09. The number of aryl methyl sites for hydroxylation is 1. The Bertz CT molecular complexity index is 1240. The zero-order valence-corrected chi connectivity index (χ0v) is 18.1. The second kappa shape index (κ2) is 7.46. The molecule has 2 aliphatic rings. The van der Waals surface area contributed by atoms with E-state index in [0.29, 0.717) is 5.92 Å². The molecule has 0 aromatic carbocycles. The average Bonchev–Trinajstić information content (AvgIpc) is 3.41. The van der Waals surface area contributed by atoms with Crippen molar-refractivity contribution in [3.05, 3.63) is 64.6 Å². The summed E-state index contributed by atoms with van der Waals surface area (Å²) in [6, 6.07) is 10.4. The van der Waals surface area contributed by atoms with Crippen molar-refractivity contribution in [2.45, 2.75) is 38.6 Å². The predicted octanol–water partition coefficient (Wildman–Crippen LogP) is 4.82. The van der Waals surface area contributed by atoms with E-state index in [2.05, 4.69) is 42.5 Å². The van der Waals surface area contributed by atoms with Gasteiger partial charge in [0, 0.05) is 47.9 Å². The van der Waals surface area contributed by atoms with Gasteiger partial charge in [-0.2, -0.15) is 5.10 Å². The molecule has 0 saturated heterocycles. The first-order chi connectivity index (χ1) is 15.2. The quantitative estimate of drug-likeness (QED) is 0.473. The maximum Gasteiger partial charge on any atom is 0.189 e. The van der Waals surface area contributed by atoms with E-state index >= 15 is 0 Å². The van der Waals surface area contributed by atoms with Crippen molar-refractivity contribution < 1.29 is 0 Å². The lowest BCUT2D eigenvalue weighted by atomic mass is 10.1. The van der Waals surface area contributed by atoms with Crippen LogP contribution in [0.15, 0.2) is 42.7 Å². The fraction of sp³-hybridized carbons (Fsp3) is 0.304. The Labute approximate surface area is 184 Å². The SMILES string of the molecule is Cc1cccc(Nc2nc3c(s2)CCN(Cc2ccnc(C4CC4)c2)c2[nH]ncc2-3)n1. The molecule has 31 heavy (non-hydrogen) atoms. The van der Waals surface area contributed by atoms with Crippen molar-refractivity contribution in [2.75, 3.05) is 16.8 Å². The molecule has 0 radical (unpaired) electrons. The van der Waals surface area contributed by atoms with Gasteiger partial charge in [-0.15, -0.1) is 11.3 Å². The highest BCUT2D eigenvalue weighted by molar-refractivity contribution is 7.16. The van der Waals surface area contributed by atoms with E-state index < -0.39 is 0 Å². The molecule has 8 heteroatoms. The van der Waals surface area contributed by atoms with Crippen molar-refractivity contribution in [2.24, 2.45) is 0 Å². The van der Waals surface area contributed by atoms with Gasteiger partial charge in [0.1, 0.15) is 11.6 Å². The number of anilines is 3. The number of rotatable bonds is 5. The number of pyridine rings is 2. The molecule has 0 amide bonds. The minimum absolute atomic E-state index is 0.664. The monoisotopic (exact) mass is 429 g/mol. The Hall–Kier alpha value is -3.26. The Morgan fingerprint density at radius 3 is 3.03 bits per heavy atom. The molecule has 6 rings (SSSR count). The third-order valence-electron chi connectivity index (χ3n) is 5.83. The van der Waals surface area contributed by atoms with E-state index in [4.69, 9.17) is 4.98 Å². The van der Waals surface area contributed by atoms with Crippen LogP contribution in [0.3, 0.4) is 0 Å². The topological polar surface area (TPSA) is 82.6 Å². The molecule has 1 aliphatic carbocycles. The Morgan fingerprint density at radius 1 is 1.23 bits per heavy atom. The van der Waals surface area contributed by atoms with Crippen molar-refractivity contribution >= 4 is 28.1 Å². The molecule has 4 aromatic heterocycles. The molecule has 0 bridgehead atoms. The number of aromatic nitrogens is 5. The van der Waals surface area contributed by atoms with Gasteiger partial charge >= 0.3 is 0 Å². The lowest BCUT2D eigenvalue weighted by Crippen LogP contribution is -2.25. The first-order valence-electron chi connectivity index (χ1n) is 10.7. The summed E-state index contributed by atoms with van der Waals surface area (Å²) in [5.74, 6) is 2.52. The molecule has 5 heterocycles. The third kappa shape index (κ3) is 3.67. The second-order valence-corrected chi connectivity index (χ2v) is 9.33. The largest absolute Gasteiger partial charge is 0.352 e. The molecule has 0 atom stereocenters. The van der Waals surface area contributed by atoms with Crippen LogP contribution in [0.25, 0.3) is 11.3 Å². The van der Waals surface area contributed by atoms with Crippen molar-refractivity contribution in [3.8, 4) is 11.3 Å². The van der Waals surface area contributed by atoms with E-state index in [1.165, 1.54) is 29.0 Å². The van der Waals surface area contributed by atoms with Crippen LogP contribution in [0.4, 0.5) is 16.8 Å². The van der Waals surface area contributed by atoms with Gasteiger partial charge < -0.3 is 10.2 Å². The molecule has 7 nitrogen and oxygen atoms in total. The molecular weight excluding hydrogens is 406 g/mol. The highest BCUT2D eigenvalue weighted by Gasteiger charge is 2.27. The van der Waals surface area contributed by atoms with E-state index in [1.807, 2.05) is 37.5 Å². The number of hydrogen-bond donors (Lipinski definition) is 2. The van der Waals surface area contributed by atoms with E-state index in [1.54, 1.807) is 11.3 Å². The average molecular weight is 430 g/mol. The predicted molar refractivity (Wildman–Crippen MR) is 123 cm³/mol. The number of fused-ring (bicyclic) bond motifs is 3. The summed E-state index contributed by atoms with van der Waals surface area (Å²) in [7, 11) is 0. The number of thiazole rings is 1. The zero-order valence-electron chi connectivity index (χ0n) is 17.3. The maximum absolute atomic E-state index is 4.91. The van der Waals surface area contributed by atoms with Crippen LogP contribution >= 0.6 is 11.3 Å². The van der Waals surface area contributed by atoms with Crippen LogP contribution in [0.2, 0.25) is 0 Å². The van der Waals surface area contributed by atoms with E-state index in [0.717, 1.165) is 53.2 Å². The van der Waals surface area contributed by atoms with Gasteiger partial charge in [-0.25, -0.2) is 9.97 Å². The van der Waals surface area contributed by atoms with Crippen LogP contribution in [-0.2, 0) is 13.0 Å². The third-order valence-corrected chi connectivity index (χ3v) is 6.87. The Kier molecular flexibility index (Phi) is 4.45. The first-order valence-corrected chi connectivity index (χ1v) is 11.5. The highest BCUT2D eigenvalue weighted by atomic mass is 32.1. The van der Waals surface area contributed by atoms with E-state index in [9.17, 15) is 0 Å². The van der Waals surface area contributed by atoms with Gasteiger partial charge in [0.2, 0.25) is 0 Å². The van der Waals surface area contributed by atoms with Crippen molar-refractivity contribution in [1.29, 1.82) is 0 Å². The van der Waals surface area contributed by atoms with E-state index in [-0.39, 0.29) is 0 Å². The molecular formula is C23H23N7S. The zero-order chi connectivity index (χ0) is 20.8. The highest BCUT2D eigenvalue weighted by Crippen LogP contribution is 2.41. The molecule has 1 saturated carbocycles. The smallest absolute Gasteiger partial charge is 0.189 e. The number of nitrogens with zero attached hydrogens (tertiary/aromatic N) is 5. The molecule has 1 aliphatic heterocycles. The van der Waals surface area contributed by atoms with Crippen molar-refractivity contribution in [3.63, 3.8) is 0 Å². The van der Waals surface area contributed by atoms with Crippen LogP contribution in [0.5, 0.6) is 0 Å². The van der Waals surface area contributed by atoms with Gasteiger partial charge in [0.25, 0.3) is 0 Å². The summed E-state index contributed by atoms with van der Waals surface area (Å²) in [5, 5.41) is 11.8. The Balaban J connectivity index is 1.27. The summed E-state index contributed by atoms with van der Waals surface area (Å²) < 4.78 is 0. The minimum atomic E-state index is 0.664. The summed E-state index contributed by atoms with van der Waals surface area (Å²) in [5.41, 5.74) is 5.59. The maximum atomic E-state index is 4.91. The summed E-state index contributed by atoms with van der Waals surface area (Å²) in [4.78, 5) is 17.6.